The van der Waals surface area contributed by atoms with E-state index in [1.807, 2.05) is 30.5 Å². The second-order valence-electron chi connectivity index (χ2n) is 4.83. The van der Waals surface area contributed by atoms with Gasteiger partial charge in [-0.15, -0.1) is 0 Å². The van der Waals surface area contributed by atoms with E-state index in [1.165, 1.54) is 0 Å². The summed E-state index contributed by atoms with van der Waals surface area (Å²) in [7, 11) is 0. The Morgan fingerprint density at radius 3 is 2.79 bits per heavy atom. The van der Waals surface area contributed by atoms with Crippen molar-refractivity contribution < 1.29 is 13.6 Å². The standard InChI is InChI=1S/C14H16F2N2O/c1-9(18-13(19)14(2,15)16)7-10-8-17-12-6-4-3-5-11(10)12/h3-6,8-9,17H,7H2,1-2H3,(H,18,19). The van der Waals surface area contributed by atoms with Gasteiger partial charge in [0.05, 0.1) is 0 Å². The predicted molar refractivity (Wildman–Crippen MR) is 70.2 cm³/mol. The Kier molecular flexibility index (Phi) is 3.55. The molecule has 3 nitrogen and oxygen atoms in total. The zero-order chi connectivity index (χ0) is 14.0. The topological polar surface area (TPSA) is 44.9 Å². The molecule has 0 fully saturated rings. The first-order chi connectivity index (χ1) is 8.88. The van der Waals surface area contributed by atoms with E-state index < -0.39 is 11.8 Å². The molecule has 2 N–H and O–H groups in total. The molecule has 1 amide bonds. The average molecular weight is 266 g/mol. The lowest BCUT2D eigenvalue weighted by molar-refractivity contribution is -0.143. The number of carbonyl (C=O) groups is 1. The Balaban J connectivity index is 2.07. The van der Waals surface area contributed by atoms with Crippen LogP contribution in [0.1, 0.15) is 19.4 Å². The van der Waals surface area contributed by atoms with Crippen LogP contribution < -0.4 is 5.32 Å². The predicted octanol–water partition coefficient (Wildman–Crippen LogP) is 2.87. The summed E-state index contributed by atoms with van der Waals surface area (Å²) in [5, 5.41) is 3.37. The van der Waals surface area contributed by atoms with Crippen LogP contribution in [0.2, 0.25) is 0 Å². The monoisotopic (exact) mass is 266 g/mol. The van der Waals surface area contributed by atoms with Crippen molar-refractivity contribution in [3.05, 3.63) is 36.0 Å². The van der Waals surface area contributed by atoms with Gasteiger partial charge in [0.1, 0.15) is 0 Å². The van der Waals surface area contributed by atoms with Crippen LogP contribution in [0.4, 0.5) is 8.78 Å². The molecule has 1 atom stereocenters. The van der Waals surface area contributed by atoms with Gasteiger partial charge >= 0.3 is 5.92 Å². The van der Waals surface area contributed by atoms with E-state index in [0.29, 0.717) is 13.3 Å². The van der Waals surface area contributed by atoms with Crippen LogP contribution in [0.15, 0.2) is 30.5 Å². The van der Waals surface area contributed by atoms with Gasteiger partial charge in [0, 0.05) is 30.1 Å². The van der Waals surface area contributed by atoms with E-state index in [0.717, 1.165) is 16.5 Å². The number of hydrogen-bond acceptors (Lipinski definition) is 1. The number of aromatic amines is 1. The molecule has 102 valence electrons. The van der Waals surface area contributed by atoms with Gasteiger partial charge in [0.15, 0.2) is 0 Å². The number of amides is 1. The van der Waals surface area contributed by atoms with E-state index in [2.05, 4.69) is 10.3 Å². The fraction of sp³-hybridized carbons (Fsp3) is 0.357. The van der Waals surface area contributed by atoms with E-state index in [-0.39, 0.29) is 6.04 Å². The molecular formula is C14H16F2N2O. The van der Waals surface area contributed by atoms with Crippen molar-refractivity contribution in [3.63, 3.8) is 0 Å². The quantitative estimate of drug-likeness (QED) is 0.878. The molecule has 1 heterocycles. The van der Waals surface area contributed by atoms with Crippen molar-refractivity contribution in [2.75, 3.05) is 0 Å². The summed E-state index contributed by atoms with van der Waals surface area (Å²) < 4.78 is 25.6. The molecule has 0 aliphatic rings. The maximum absolute atomic E-state index is 12.8. The van der Waals surface area contributed by atoms with Gasteiger partial charge in [-0.2, -0.15) is 8.78 Å². The highest BCUT2D eigenvalue weighted by Crippen LogP contribution is 2.19. The van der Waals surface area contributed by atoms with Crippen molar-refractivity contribution in [3.8, 4) is 0 Å². The molecule has 0 saturated heterocycles. The Morgan fingerprint density at radius 1 is 1.42 bits per heavy atom. The number of aromatic nitrogens is 1. The first kappa shape index (κ1) is 13.5. The SMILES string of the molecule is CC(Cc1c[nH]c2ccccc12)NC(=O)C(C)(F)F. The van der Waals surface area contributed by atoms with Crippen LogP contribution >= 0.6 is 0 Å². The highest BCUT2D eigenvalue weighted by Gasteiger charge is 2.32. The summed E-state index contributed by atoms with van der Waals surface area (Å²) >= 11 is 0. The Morgan fingerprint density at radius 2 is 2.11 bits per heavy atom. The first-order valence-electron chi connectivity index (χ1n) is 6.11. The van der Waals surface area contributed by atoms with Crippen molar-refractivity contribution in [2.24, 2.45) is 0 Å². The Hall–Kier alpha value is -1.91. The molecule has 2 rings (SSSR count). The Bertz CT molecular complexity index is 586. The van der Waals surface area contributed by atoms with E-state index in [4.69, 9.17) is 0 Å². The minimum absolute atomic E-state index is 0.350. The fourth-order valence-electron chi connectivity index (χ4n) is 2.03. The first-order valence-corrected chi connectivity index (χ1v) is 6.11. The van der Waals surface area contributed by atoms with Gasteiger partial charge in [-0.1, -0.05) is 18.2 Å². The zero-order valence-electron chi connectivity index (χ0n) is 10.8. The van der Waals surface area contributed by atoms with E-state index in [9.17, 15) is 13.6 Å². The molecule has 0 spiro atoms. The largest absolute Gasteiger partial charge is 0.361 e. The van der Waals surface area contributed by atoms with Crippen LogP contribution in [0.25, 0.3) is 10.9 Å². The van der Waals surface area contributed by atoms with E-state index in [1.54, 1.807) is 6.92 Å². The van der Waals surface area contributed by atoms with Gasteiger partial charge < -0.3 is 10.3 Å². The summed E-state index contributed by atoms with van der Waals surface area (Å²) in [6.45, 7) is 2.31. The van der Waals surface area contributed by atoms with Gasteiger partial charge in [0.25, 0.3) is 5.91 Å². The minimum atomic E-state index is -3.34. The normalized spacial score (nSPS) is 13.5. The van der Waals surface area contributed by atoms with Gasteiger partial charge in [-0.3, -0.25) is 4.79 Å². The van der Waals surface area contributed by atoms with Crippen LogP contribution in [-0.4, -0.2) is 22.9 Å². The third kappa shape index (κ3) is 3.10. The molecule has 0 aliphatic heterocycles. The average Bonchev–Trinajstić information content (AvgIpc) is 2.71. The lowest BCUT2D eigenvalue weighted by atomic mass is 10.1. The second-order valence-corrected chi connectivity index (χ2v) is 4.83. The number of alkyl halides is 2. The summed E-state index contributed by atoms with van der Waals surface area (Å²) in [4.78, 5) is 14.3. The summed E-state index contributed by atoms with van der Waals surface area (Å²) in [6, 6.07) is 7.40. The summed E-state index contributed by atoms with van der Waals surface area (Å²) in [5.74, 6) is -4.58. The Labute approximate surface area is 110 Å². The molecular weight excluding hydrogens is 250 g/mol. The smallest absolute Gasteiger partial charge is 0.321 e. The highest BCUT2D eigenvalue weighted by molar-refractivity contribution is 5.84. The molecule has 5 heteroatoms. The molecule has 0 bridgehead atoms. The number of carbonyl (C=O) groups excluding carboxylic acids is 1. The maximum Gasteiger partial charge on any atom is 0.321 e. The van der Waals surface area contributed by atoms with Crippen LogP contribution in [0.3, 0.4) is 0 Å². The van der Waals surface area contributed by atoms with Crippen LogP contribution in [0.5, 0.6) is 0 Å². The molecule has 2 aromatic rings. The van der Waals surface area contributed by atoms with Crippen molar-refractivity contribution in [2.45, 2.75) is 32.2 Å². The number of halogens is 2. The lowest BCUT2D eigenvalue weighted by Gasteiger charge is -2.16. The number of para-hydroxylation sites is 1. The minimum Gasteiger partial charge on any atom is -0.361 e. The second kappa shape index (κ2) is 4.99. The van der Waals surface area contributed by atoms with Gasteiger partial charge in [0.2, 0.25) is 0 Å². The number of nitrogens with one attached hydrogen (secondary N) is 2. The fourth-order valence-corrected chi connectivity index (χ4v) is 2.03. The zero-order valence-corrected chi connectivity index (χ0v) is 10.8. The van der Waals surface area contributed by atoms with Crippen molar-refractivity contribution in [1.82, 2.24) is 10.3 Å². The number of rotatable bonds is 4. The maximum atomic E-state index is 12.8. The van der Waals surface area contributed by atoms with Crippen molar-refractivity contribution in [1.29, 1.82) is 0 Å². The molecule has 0 radical (unpaired) electrons. The van der Waals surface area contributed by atoms with Crippen molar-refractivity contribution >= 4 is 16.8 Å². The number of hydrogen-bond donors (Lipinski definition) is 2. The number of fused-ring (bicyclic) bond motifs is 1. The number of benzene rings is 1. The summed E-state index contributed by atoms with van der Waals surface area (Å²) in [5.41, 5.74) is 2.00. The van der Waals surface area contributed by atoms with Gasteiger partial charge in [-0.25, -0.2) is 0 Å². The van der Waals surface area contributed by atoms with E-state index >= 15 is 0 Å². The summed E-state index contributed by atoms with van der Waals surface area (Å²) in [6.07, 6.45) is 2.35. The highest BCUT2D eigenvalue weighted by atomic mass is 19.3. The third-order valence-electron chi connectivity index (χ3n) is 2.98. The lowest BCUT2D eigenvalue weighted by Crippen LogP contribution is -2.43. The molecule has 1 aromatic heterocycles. The third-order valence-corrected chi connectivity index (χ3v) is 2.98. The van der Waals surface area contributed by atoms with Crippen LogP contribution in [-0.2, 0) is 11.2 Å². The molecule has 1 aromatic carbocycles. The molecule has 0 saturated carbocycles. The van der Waals surface area contributed by atoms with Crippen LogP contribution in [0, 0.1) is 0 Å². The molecule has 1 unspecified atom stereocenters. The molecule has 0 aliphatic carbocycles. The molecule has 19 heavy (non-hydrogen) atoms. The number of H-pyrrole nitrogens is 1. The van der Waals surface area contributed by atoms with Gasteiger partial charge in [-0.05, 0) is 25.0 Å².